The van der Waals surface area contributed by atoms with Crippen LogP contribution in [0.2, 0.25) is 0 Å². The van der Waals surface area contributed by atoms with Gasteiger partial charge in [-0.1, -0.05) is 13.3 Å². The number of urea groups is 1. The topological polar surface area (TPSA) is 125 Å². The maximum atomic E-state index is 13.9. The molecule has 0 spiro atoms. The number of fused-ring (bicyclic) bond motifs is 1. The minimum absolute atomic E-state index is 0.0408. The Balaban J connectivity index is 1.45. The molecule has 3 amide bonds. The monoisotopic (exact) mass is 581 g/mol. The zero-order chi connectivity index (χ0) is 29.8. The Morgan fingerprint density at radius 3 is 2.74 bits per heavy atom. The van der Waals surface area contributed by atoms with Crippen molar-refractivity contribution in [3.05, 3.63) is 42.2 Å². The van der Waals surface area contributed by atoms with Gasteiger partial charge in [0.15, 0.2) is 11.5 Å². The number of carboxylic acid groups (broad SMARTS) is 1. The molecule has 3 aliphatic heterocycles. The third-order valence-electron chi connectivity index (χ3n) is 8.47. The largest absolute Gasteiger partial charge is 0.493 e. The first-order valence-electron chi connectivity index (χ1n) is 14.5. The number of hydrogen-bond acceptors (Lipinski definition) is 8. The van der Waals surface area contributed by atoms with Crippen LogP contribution in [0, 0.1) is 5.92 Å². The summed E-state index contributed by atoms with van der Waals surface area (Å²) in [5.41, 5.74) is 1.46. The molecular weight excluding hydrogens is 542 g/mol. The van der Waals surface area contributed by atoms with Crippen LogP contribution in [0.5, 0.6) is 17.2 Å². The highest BCUT2D eigenvalue weighted by molar-refractivity contribution is 5.94. The molecular formula is C30H39N5O7. The number of unbranched alkanes of at least 4 members (excludes halogenated alkanes) is 1. The van der Waals surface area contributed by atoms with E-state index in [1.807, 2.05) is 17.0 Å². The highest BCUT2D eigenvalue weighted by Crippen LogP contribution is 2.47. The van der Waals surface area contributed by atoms with Crippen molar-refractivity contribution >= 4 is 23.6 Å². The van der Waals surface area contributed by atoms with Gasteiger partial charge in [-0.05, 0) is 42.7 Å². The molecule has 3 atom stereocenters. The highest BCUT2D eigenvalue weighted by atomic mass is 16.7. The molecule has 2 aromatic rings. The molecule has 2 saturated heterocycles. The second-order valence-corrected chi connectivity index (χ2v) is 11.0. The van der Waals surface area contributed by atoms with Crippen LogP contribution in [-0.4, -0.2) is 109 Å². The molecule has 0 saturated carbocycles. The van der Waals surface area contributed by atoms with Gasteiger partial charge in [0.1, 0.15) is 0 Å². The number of pyridine rings is 1. The molecule has 3 aliphatic rings. The van der Waals surface area contributed by atoms with Crippen molar-refractivity contribution in [1.29, 1.82) is 0 Å². The Morgan fingerprint density at radius 1 is 1.24 bits per heavy atom. The second-order valence-electron chi connectivity index (χ2n) is 11.0. The van der Waals surface area contributed by atoms with E-state index in [-0.39, 0.29) is 25.3 Å². The van der Waals surface area contributed by atoms with E-state index in [1.54, 1.807) is 46.3 Å². The van der Waals surface area contributed by atoms with Crippen LogP contribution in [0.1, 0.15) is 37.7 Å². The molecule has 0 aliphatic carbocycles. The Bertz CT molecular complexity index is 1290. The van der Waals surface area contributed by atoms with Gasteiger partial charge in [-0.15, -0.1) is 0 Å². The van der Waals surface area contributed by atoms with E-state index in [9.17, 15) is 19.5 Å². The summed E-state index contributed by atoms with van der Waals surface area (Å²) in [6.45, 7) is 4.68. The van der Waals surface area contributed by atoms with Gasteiger partial charge in [0.05, 0.1) is 31.5 Å². The summed E-state index contributed by atoms with van der Waals surface area (Å²) >= 11 is 0. The lowest BCUT2D eigenvalue weighted by atomic mass is 9.84. The lowest BCUT2D eigenvalue weighted by Gasteiger charge is -2.30. The molecule has 0 bridgehead atoms. The average Bonchev–Trinajstić information content (AvgIpc) is 3.69. The van der Waals surface area contributed by atoms with Gasteiger partial charge in [-0.2, -0.15) is 0 Å². The van der Waals surface area contributed by atoms with E-state index in [1.165, 1.54) is 7.11 Å². The first-order valence-corrected chi connectivity index (χ1v) is 14.5. The number of nitrogens with zero attached hydrogens (tertiary/aromatic N) is 5. The number of benzene rings is 1. The normalized spacial score (nSPS) is 21.7. The van der Waals surface area contributed by atoms with Crippen molar-refractivity contribution in [1.82, 2.24) is 19.7 Å². The molecule has 1 unspecified atom stereocenters. The van der Waals surface area contributed by atoms with Crippen molar-refractivity contribution in [3.63, 3.8) is 0 Å². The minimum atomic E-state index is -0.948. The number of rotatable bonds is 12. The van der Waals surface area contributed by atoms with Crippen LogP contribution in [0.4, 0.5) is 10.5 Å². The van der Waals surface area contributed by atoms with E-state index in [0.717, 1.165) is 18.4 Å². The van der Waals surface area contributed by atoms with E-state index in [2.05, 4.69) is 11.9 Å². The lowest BCUT2D eigenvalue weighted by molar-refractivity contribution is -0.143. The summed E-state index contributed by atoms with van der Waals surface area (Å²) in [5.74, 6) is -0.850. The molecule has 2 fully saturated rings. The first kappa shape index (κ1) is 29.4. The van der Waals surface area contributed by atoms with Gasteiger partial charge >= 0.3 is 12.0 Å². The van der Waals surface area contributed by atoms with Gasteiger partial charge in [-0.25, -0.2) is 4.79 Å². The maximum absolute atomic E-state index is 13.9. The summed E-state index contributed by atoms with van der Waals surface area (Å²) in [6, 6.07) is 6.73. The fraction of sp³-hybridized carbons (Fsp3) is 0.533. The van der Waals surface area contributed by atoms with E-state index < -0.39 is 23.8 Å². The number of aromatic nitrogens is 1. The number of likely N-dealkylation sites (tertiary alicyclic amines) is 1. The molecule has 12 nitrogen and oxygen atoms in total. The molecule has 4 heterocycles. The van der Waals surface area contributed by atoms with Gasteiger partial charge in [-0.3, -0.25) is 19.5 Å². The van der Waals surface area contributed by atoms with Crippen LogP contribution in [-0.2, 0) is 9.59 Å². The molecule has 1 aromatic carbocycles. The zero-order valence-corrected chi connectivity index (χ0v) is 24.4. The number of methoxy groups -OCH3 is 1. The number of hydrogen-bond donors (Lipinski definition) is 1. The predicted octanol–water partition coefficient (Wildman–Crippen LogP) is 2.88. The van der Waals surface area contributed by atoms with Crippen molar-refractivity contribution in [2.75, 3.05) is 65.1 Å². The fourth-order valence-electron chi connectivity index (χ4n) is 6.24. The molecule has 42 heavy (non-hydrogen) atoms. The van der Waals surface area contributed by atoms with E-state index >= 15 is 0 Å². The predicted molar refractivity (Wildman–Crippen MR) is 154 cm³/mol. The number of aliphatic carboxylic acids is 1. The zero-order valence-electron chi connectivity index (χ0n) is 24.4. The van der Waals surface area contributed by atoms with Gasteiger partial charge in [0.25, 0.3) is 0 Å². The quantitative estimate of drug-likeness (QED) is 0.403. The minimum Gasteiger partial charge on any atom is -0.493 e. The highest BCUT2D eigenvalue weighted by Gasteiger charge is 2.48. The molecule has 5 rings (SSSR count). The van der Waals surface area contributed by atoms with Crippen LogP contribution < -0.4 is 19.1 Å². The second kappa shape index (κ2) is 12.8. The SMILES string of the molecule is CCCCN(C(=O)CN1C[C@H](c2cc(OC)c3c(c2)OCO3)C(C(=O)O)[C@@H]1CCN1CCN(C)C1=O)c1cccnc1. The molecule has 0 radical (unpaired) electrons. The van der Waals surface area contributed by atoms with E-state index in [4.69, 9.17) is 14.2 Å². The average molecular weight is 582 g/mol. The third kappa shape index (κ3) is 5.94. The Kier molecular flexibility index (Phi) is 9.00. The Labute approximate surface area is 245 Å². The first-order chi connectivity index (χ1) is 20.3. The number of carbonyl (C=O) groups is 3. The maximum Gasteiger partial charge on any atom is 0.319 e. The fourth-order valence-corrected chi connectivity index (χ4v) is 6.24. The molecule has 1 N–H and O–H groups in total. The molecule has 226 valence electrons. The number of likely N-dealkylation sites (N-methyl/N-ethyl adjacent to an activating group) is 1. The van der Waals surface area contributed by atoms with Crippen molar-refractivity contribution in [2.45, 2.75) is 38.1 Å². The number of carbonyl (C=O) groups excluding carboxylic acids is 2. The summed E-state index contributed by atoms with van der Waals surface area (Å²) in [4.78, 5) is 50.7. The van der Waals surface area contributed by atoms with Crippen LogP contribution in [0.3, 0.4) is 0 Å². The van der Waals surface area contributed by atoms with Crippen LogP contribution in [0.25, 0.3) is 0 Å². The Hall–Kier alpha value is -4.06. The van der Waals surface area contributed by atoms with Crippen molar-refractivity contribution < 1.29 is 33.7 Å². The lowest BCUT2D eigenvalue weighted by Crippen LogP contribution is -2.46. The number of amides is 3. The van der Waals surface area contributed by atoms with Crippen LogP contribution in [0.15, 0.2) is 36.7 Å². The summed E-state index contributed by atoms with van der Waals surface area (Å²) in [5, 5.41) is 10.6. The van der Waals surface area contributed by atoms with Crippen molar-refractivity contribution in [2.24, 2.45) is 5.92 Å². The van der Waals surface area contributed by atoms with E-state index in [0.29, 0.717) is 62.1 Å². The van der Waals surface area contributed by atoms with Gasteiger partial charge < -0.3 is 34.0 Å². The third-order valence-corrected chi connectivity index (χ3v) is 8.47. The molecule has 1 aromatic heterocycles. The summed E-state index contributed by atoms with van der Waals surface area (Å²) < 4.78 is 16.7. The summed E-state index contributed by atoms with van der Waals surface area (Å²) in [7, 11) is 3.29. The smallest absolute Gasteiger partial charge is 0.319 e. The number of ether oxygens (including phenoxy) is 3. The molecule has 12 heteroatoms. The standard InChI is InChI=1S/C30H39N5O7/c1-4-5-10-35(21-7-6-9-31-16-21)26(36)18-34-17-22(20-14-24(40-3)28-25(15-20)41-19-42-28)27(29(37)38)23(34)8-11-33-13-12-32(2)30(33)39/h6-7,9,14-16,22-23,27H,4-5,8,10-13,17-19H2,1-3H3,(H,37,38)/t22-,23+,27?/m1/s1. The van der Waals surface area contributed by atoms with Gasteiger partial charge in [0, 0.05) is 57.9 Å². The number of carboxylic acids is 1. The summed E-state index contributed by atoms with van der Waals surface area (Å²) in [6.07, 6.45) is 5.51. The Morgan fingerprint density at radius 2 is 2.07 bits per heavy atom. The van der Waals surface area contributed by atoms with Gasteiger partial charge in [0.2, 0.25) is 18.4 Å². The van der Waals surface area contributed by atoms with Crippen molar-refractivity contribution in [3.8, 4) is 17.2 Å². The number of anilines is 1. The van der Waals surface area contributed by atoms with Crippen LogP contribution >= 0.6 is 0 Å².